The van der Waals surface area contributed by atoms with Gasteiger partial charge in [-0.2, -0.15) is 4.31 Å². The number of carboxylic acids is 1. The molecule has 0 saturated carbocycles. The van der Waals surface area contributed by atoms with Crippen LogP contribution < -0.4 is 21.1 Å². The summed E-state index contributed by atoms with van der Waals surface area (Å²) in [6.07, 6.45) is 1.37. The maximum atomic E-state index is 13.2. The summed E-state index contributed by atoms with van der Waals surface area (Å²) >= 11 is 0. The van der Waals surface area contributed by atoms with Gasteiger partial charge >= 0.3 is 5.97 Å². The van der Waals surface area contributed by atoms with Gasteiger partial charge in [-0.15, -0.1) is 0 Å². The normalized spacial score (nSPS) is 17.1. The summed E-state index contributed by atoms with van der Waals surface area (Å²) in [5, 5.41) is 15.1. The summed E-state index contributed by atoms with van der Waals surface area (Å²) in [5.41, 5.74) is 7.00. The van der Waals surface area contributed by atoms with E-state index >= 15 is 0 Å². The number of nitrogens with one attached hydrogen (secondary N) is 2. The van der Waals surface area contributed by atoms with Crippen molar-refractivity contribution in [1.82, 2.24) is 19.6 Å². The lowest BCUT2D eigenvalue weighted by Crippen LogP contribution is -2.40. The lowest BCUT2D eigenvalue weighted by molar-refractivity contribution is -0.137. The Morgan fingerprint density at radius 1 is 1.08 bits per heavy atom. The first-order chi connectivity index (χ1) is 18.8. The molecule has 4 bridgehead atoms. The predicted molar refractivity (Wildman–Crippen MR) is 142 cm³/mol. The highest BCUT2D eigenvalue weighted by molar-refractivity contribution is 7.89. The zero-order valence-corrected chi connectivity index (χ0v) is 21.7. The second-order valence-corrected chi connectivity index (χ2v) is 10.3. The highest BCUT2D eigenvalue weighted by Crippen LogP contribution is 2.26. The van der Waals surface area contributed by atoms with Gasteiger partial charge in [0.15, 0.2) is 11.5 Å². The number of aliphatic carboxylic acids is 1. The van der Waals surface area contributed by atoms with Gasteiger partial charge in [-0.05, 0) is 24.3 Å². The van der Waals surface area contributed by atoms with Crippen LogP contribution >= 0.6 is 0 Å². The number of nitrogens with zero attached hydrogens (tertiary/aromatic N) is 3. The van der Waals surface area contributed by atoms with Crippen LogP contribution in [-0.2, 0) is 19.6 Å². The summed E-state index contributed by atoms with van der Waals surface area (Å²) in [5.74, 6) is -1.53. The van der Waals surface area contributed by atoms with Gasteiger partial charge in [0, 0.05) is 25.2 Å². The molecule has 206 valence electrons. The summed E-state index contributed by atoms with van der Waals surface area (Å²) in [6.45, 7) is 0.693. The molecule has 0 spiro atoms. The van der Waals surface area contributed by atoms with Crippen LogP contribution in [0.4, 0.5) is 11.5 Å². The predicted octanol–water partition coefficient (Wildman–Crippen LogP) is 1.05. The molecular formula is C25H28N6O7S. The largest absolute Gasteiger partial charge is 0.489 e. The number of nitrogens with two attached hydrogens (primary N) is 1. The highest BCUT2D eigenvalue weighted by Gasteiger charge is 2.26. The van der Waals surface area contributed by atoms with Crippen molar-refractivity contribution in [3.63, 3.8) is 0 Å². The fraction of sp³-hybridized carbons (Fsp3) is 0.280. The van der Waals surface area contributed by atoms with Crippen LogP contribution in [0.15, 0.2) is 59.6 Å². The van der Waals surface area contributed by atoms with E-state index in [9.17, 15) is 23.1 Å². The fourth-order valence-corrected chi connectivity index (χ4v) is 5.14. The Morgan fingerprint density at radius 2 is 1.85 bits per heavy atom. The van der Waals surface area contributed by atoms with Crippen molar-refractivity contribution >= 4 is 33.4 Å². The molecule has 0 radical (unpaired) electrons. The summed E-state index contributed by atoms with van der Waals surface area (Å²) in [4.78, 5) is 32.8. The van der Waals surface area contributed by atoms with Gasteiger partial charge in [-0.25, -0.2) is 18.4 Å². The smallest absolute Gasteiger partial charge is 0.318 e. The Balaban J connectivity index is 1.67. The van der Waals surface area contributed by atoms with E-state index in [2.05, 4.69) is 20.6 Å². The van der Waals surface area contributed by atoms with E-state index in [-0.39, 0.29) is 48.4 Å². The molecule has 0 unspecified atom stereocenters. The van der Waals surface area contributed by atoms with Gasteiger partial charge in [0.05, 0.1) is 35.7 Å². The second kappa shape index (κ2) is 12.6. The van der Waals surface area contributed by atoms with Crippen molar-refractivity contribution in [3.8, 4) is 17.0 Å². The van der Waals surface area contributed by atoms with Crippen LogP contribution in [0.25, 0.3) is 11.3 Å². The molecule has 13 nitrogen and oxygen atoms in total. The van der Waals surface area contributed by atoms with E-state index in [1.165, 1.54) is 30.5 Å². The van der Waals surface area contributed by atoms with Crippen LogP contribution in [0.1, 0.15) is 10.5 Å². The molecule has 2 aliphatic heterocycles. The average molecular weight is 557 g/mol. The second-order valence-electron chi connectivity index (χ2n) is 8.41. The minimum absolute atomic E-state index is 0.0574. The maximum Gasteiger partial charge on any atom is 0.318 e. The first-order valence-corrected chi connectivity index (χ1v) is 13.5. The van der Waals surface area contributed by atoms with E-state index in [0.717, 1.165) is 4.31 Å². The zero-order valence-electron chi connectivity index (χ0n) is 20.9. The third-order valence-electron chi connectivity index (χ3n) is 5.70. The molecular weight excluding hydrogens is 528 g/mol. The Morgan fingerprint density at radius 3 is 2.62 bits per heavy atom. The van der Waals surface area contributed by atoms with E-state index in [0.29, 0.717) is 30.2 Å². The fourth-order valence-electron chi connectivity index (χ4n) is 3.75. The Labute approximate surface area is 225 Å². The number of ether oxygens (including phenoxy) is 2. The molecule has 14 heteroatoms. The van der Waals surface area contributed by atoms with Crippen LogP contribution in [-0.4, -0.2) is 85.7 Å². The first-order valence-electron chi connectivity index (χ1n) is 12.0. The van der Waals surface area contributed by atoms with Gasteiger partial charge in [0.2, 0.25) is 10.0 Å². The van der Waals surface area contributed by atoms with Crippen LogP contribution in [0.2, 0.25) is 0 Å². The van der Waals surface area contributed by atoms with Crippen LogP contribution in [0.5, 0.6) is 5.75 Å². The van der Waals surface area contributed by atoms with Gasteiger partial charge < -0.3 is 30.9 Å². The molecule has 0 atom stereocenters. The number of carboxylic acid groups (broad SMARTS) is 1. The number of hydrogen-bond acceptors (Lipinski definition) is 10. The van der Waals surface area contributed by atoms with E-state index < -0.39 is 28.4 Å². The van der Waals surface area contributed by atoms with Crippen molar-refractivity contribution in [2.45, 2.75) is 4.90 Å². The van der Waals surface area contributed by atoms with Gasteiger partial charge in [-0.1, -0.05) is 24.3 Å². The highest BCUT2D eigenvalue weighted by atomic mass is 32.2. The number of hydrogen-bond donors (Lipinski definition) is 4. The number of carbonyl (C=O) groups excluding carboxylic acids is 1. The van der Waals surface area contributed by atoms with Crippen LogP contribution in [0, 0.1) is 0 Å². The Bertz CT molecular complexity index is 1430. The number of amides is 1. The molecule has 2 aliphatic rings. The van der Waals surface area contributed by atoms with Gasteiger partial charge in [-0.3, -0.25) is 9.59 Å². The molecule has 39 heavy (non-hydrogen) atoms. The number of fused-ring (bicyclic) bond motifs is 13. The van der Waals surface area contributed by atoms with Gasteiger partial charge in [0.1, 0.15) is 18.9 Å². The molecule has 5 rings (SSSR count). The number of benzene rings is 2. The van der Waals surface area contributed by atoms with E-state index in [1.54, 1.807) is 24.3 Å². The molecule has 1 aromatic heterocycles. The molecule has 1 amide bonds. The SMILES string of the molecule is Nc1ncc2nc1C(=O)Nc1ccccc1OCCOCCNCCN(CC(=O)O)S(=O)(=O)c1ccc-2cc1. The molecule has 0 fully saturated rings. The molecule has 0 saturated heterocycles. The first kappa shape index (κ1) is 27.9. The molecule has 3 aromatic rings. The minimum atomic E-state index is -4.11. The number of para-hydroxylation sites is 2. The maximum absolute atomic E-state index is 13.2. The Kier molecular flexibility index (Phi) is 9.03. The van der Waals surface area contributed by atoms with Crippen molar-refractivity contribution in [2.24, 2.45) is 0 Å². The lowest BCUT2D eigenvalue weighted by Gasteiger charge is -2.21. The summed E-state index contributed by atoms with van der Waals surface area (Å²) in [6, 6.07) is 12.6. The minimum Gasteiger partial charge on any atom is -0.489 e. The monoisotopic (exact) mass is 556 g/mol. The molecule has 0 aliphatic carbocycles. The number of sulfonamides is 1. The Hall–Kier alpha value is -4.11. The van der Waals surface area contributed by atoms with Crippen molar-refractivity contribution in [1.29, 1.82) is 0 Å². The lowest BCUT2D eigenvalue weighted by atomic mass is 10.1. The van der Waals surface area contributed by atoms with Crippen molar-refractivity contribution in [3.05, 3.63) is 60.4 Å². The van der Waals surface area contributed by atoms with E-state index in [4.69, 9.17) is 15.2 Å². The van der Waals surface area contributed by atoms with Crippen molar-refractivity contribution < 1.29 is 32.6 Å². The third-order valence-corrected chi connectivity index (χ3v) is 7.56. The number of rotatable bonds is 2. The number of anilines is 2. The zero-order chi connectivity index (χ0) is 27.8. The quantitative estimate of drug-likeness (QED) is 0.331. The third kappa shape index (κ3) is 7.06. The van der Waals surface area contributed by atoms with Crippen LogP contribution in [0.3, 0.4) is 0 Å². The standard InChI is InChI=1S/C25H28N6O7S/c26-24-23-25(34)30-19-3-1-2-4-21(19)38-14-13-37-12-10-27-9-11-31(16-22(32)33)39(35,36)18-7-5-17(6-8-18)20(29-23)15-28-24/h1-8,15,27H,9-14,16H2,(H2,26,28)(H,30,34)(H,32,33). The molecule has 3 heterocycles. The number of nitrogen functional groups attached to an aromatic ring is 1. The van der Waals surface area contributed by atoms with Gasteiger partial charge in [0.25, 0.3) is 5.91 Å². The summed E-state index contributed by atoms with van der Waals surface area (Å²) < 4.78 is 38.6. The summed E-state index contributed by atoms with van der Waals surface area (Å²) in [7, 11) is -4.11. The number of carbonyl (C=O) groups is 2. The van der Waals surface area contributed by atoms with E-state index in [1.807, 2.05) is 0 Å². The molecule has 5 N–H and O–H groups in total. The average Bonchev–Trinajstić information content (AvgIpc) is 2.92. The number of aromatic nitrogens is 2. The molecule has 2 aromatic carbocycles. The topological polar surface area (TPSA) is 186 Å². The van der Waals surface area contributed by atoms with Crippen molar-refractivity contribution in [2.75, 3.05) is 57.1 Å².